The van der Waals surface area contributed by atoms with E-state index >= 15 is 0 Å². The summed E-state index contributed by atoms with van der Waals surface area (Å²) in [5.41, 5.74) is 5.23. The van der Waals surface area contributed by atoms with Crippen molar-refractivity contribution in [1.29, 1.82) is 0 Å². The van der Waals surface area contributed by atoms with Gasteiger partial charge in [-0.3, -0.25) is 0 Å². The Morgan fingerprint density at radius 3 is 2.62 bits per heavy atom. The van der Waals surface area contributed by atoms with E-state index in [-0.39, 0.29) is 5.97 Å². The molecule has 0 saturated carbocycles. The minimum atomic E-state index is -0.324. The number of H-pyrrole nitrogens is 1. The molecule has 5 rings (SSSR count). The number of unbranched alkanes of at least 4 members (excludes halogenated alkanes) is 1. The fraction of sp³-hybridized carbons (Fsp3) is 0.240. The van der Waals surface area contributed by atoms with Crippen LogP contribution in [0.5, 0.6) is 0 Å². The zero-order chi connectivity index (χ0) is 23.5. The van der Waals surface area contributed by atoms with Gasteiger partial charge in [0, 0.05) is 18.5 Å². The minimum absolute atomic E-state index is 0.324. The lowest BCUT2D eigenvalue weighted by Crippen LogP contribution is -2.06. The number of carbonyl (C=O) groups is 1. The van der Waals surface area contributed by atoms with E-state index in [0.717, 1.165) is 57.7 Å². The Labute approximate surface area is 200 Å². The number of aryl methyl sites for hydroxylation is 1. The van der Waals surface area contributed by atoms with Crippen LogP contribution < -0.4 is 0 Å². The minimum Gasteiger partial charge on any atom is -0.465 e. The molecule has 0 aliphatic heterocycles. The van der Waals surface area contributed by atoms with Gasteiger partial charge in [-0.2, -0.15) is 0 Å². The number of tetrazole rings is 1. The third kappa shape index (κ3) is 4.22. The molecule has 3 aromatic heterocycles. The van der Waals surface area contributed by atoms with Gasteiger partial charge in [0.15, 0.2) is 5.82 Å². The molecule has 0 aliphatic carbocycles. The summed E-state index contributed by atoms with van der Waals surface area (Å²) in [6.07, 6.45) is 3.07. The van der Waals surface area contributed by atoms with Gasteiger partial charge >= 0.3 is 5.97 Å². The van der Waals surface area contributed by atoms with Crippen LogP contribution in [0.3, 0.4) is 0 Å². The van der Waals surface area contributed by atoms with Gasteiger partial charge in [0.1, 0.15) is 15.5 Å². The van der Waals surface area contributed by atoms with E-state index in [2.05, 4.69) is 62.4 Å². The lowest BCUT2D eigenvalue weighted by molar-refractivity contribution is 0.0606. The van der Waals surface area contributed by atoms with E-state index in [4.69, 9.17) is 9.72 Å². The van der Waals surface area contributed by atoms with Gasteiger partial charge in [-0.05, 0) is 39.6 Å². The van der Waals surface area contributed by atoms with Gasteiger partial charge < -0.3 is 9.30 Å². The molecule has 9 heteroatoms. The first-order chi connectivity index (χ1) is 16.7. The average Bonchev–Trinajstić information content (AvgIpc) is 3.61. The monoisotopic (exact) mass is 472 g/mol. The van der Waals surface area contributed by atoms with Crippen molar-refractivity contribution in [3.05, 3.63) is 70.9 Å². The first-order valence-corrected chi connectivity index (χ1v) is 12.0. The molecule has 0 saturated heterocycles. The van der Waals surface area contributed by atoms with Gasteiger partial charge in [0.05, 0.1) is 12.6 Å². The first-order valence-electron chi connectivity index (χ1n) is 11.2. The van der Waals surface area contributed by atoms with Gasteiger partial charge in [-0.15, -0.1) is 16.4 Å². The molecule has 0 atom stereocenters. The number of nitrogens with one attached hydrogen (secondary N) is 1. The maximum atomic E-state index is 12.0. The Morgan fingerprint density at radius 2 is 1.91 bits per heavy atom. The zero-order valence-electron chi connectivity index (χ0n) is 19.0. The number of aromatic amines is 1. The van der Waals surface area contributed by atoms with E-state index in [1.54, 1.807) is 0 Å². The molecule has 3 heterocycles. The zero-order valence-corrected chi connectivity index (χ0v) is 19.8. The van der Waals surface area contributed by atoms with Crippen LogP contribution in [0.1, 0.15) is 40.8 Å². The maximum absolute atomic E-state index is 12.0. The summed E-state index contributed by atoms with van der Waals surface area (Å²) in [4.78, 5) is 18.3. The third-order valence-electron chi connectivity index (χ3n) is 5.80. The third-order valence-corrected chi connectivity index (χ3v) is 6.80. The van der Waals surface area contributed by atoms with Gasteiger partial charge in [0.2, 0.25) is 0 Å². The quantitative estimate of drug-likeness (QED) is 0.315. The molecule has 0 fully saturated rings. The van der Waals surface area contributed by atoms with Crippen molar-refractivity contribution < 1.29 is 9.53 Å². The van der Waals surface area contributed by atoms with Crippen molar-refractivity contribution >= 4 is 27.7 Å². The fourth-order valence-electron chi connectivity index (χ4n) is 4.05. The number of esters is 1. The second-order valence-corrected chi connectivity index (χ2v) is 9.03. The summed E-state index contributed by atoms with van der Waals surface area (Å²) >= 11 is 1.38. The normalized spacial score (nSPS) is 11.2. The van der Waals surface area contributed by atoms with E-state index < -0.39 is 0 Å². The van der Waals surface area contributed by atoms with Crippen LogP contribution in [0.15, 0.2) is 54.6 Å². The number of hydrogen-bond acceptors (Lipinski definition) is 7. The summed E-state index contributed by atoms with van der Waals surface area (Å²) in [5.74, 6) is 1.36. The first kappa shape index (κ1) is 22.0. The lowest BCUT2D eigenvalue weighted by atomic mass is 9.98. The second kappa shape index (κ2) is 9.56. The molecule has 1 N–H and O–H groups in total. The highest BCUT2D eigenvalue weighted by Gasteiger charge is 2.18. The highest BCUT2D eigenvalue weighted by Crippen LogP contribution is 2.31. The highest BCUT2D eigenvalue weighted by molar-refractivity contribution is 7.20. The number of imidazole rings is 1. The van der Waals surface area contributed by atoms with Crippen molar-refractivity contribution in [3.8, 4) is 22.5 Å². The number of carbonyl (C=O) groups excluding carboxylic acids is 1. The Kier molecular flexibility index (Phi) is 6.18. The number of methoxy groups -OCH3 is 1. The summed E-state index contributed by atoms with van der Waals surface area (Å²) in [6.45, 7) is 2.86. The van der Waals surface area contributed by atoms with Crippen LogP contribution in [0.2, 0.25) is 0 Å². The van der Waals surface area contributed by atoms with Crippen molar-refractivity contribution in [2.24, 2.45) is 0 Å². The van der Waals surface area contributed by atoms with Crippen LogP contribution in [0.4, 0.5) is 0 Å². The second-order valence-electron chi connectivity index (χ2n) is 8.00. The molecule has 0 unspecified atom stereocenters. The van der Waals surface area contributed by atoms with Crippen LogP contribution in [-0.2, 0) is 17.7 Å². The number of fused-ring (bicyclic) bond motifs is 1. The Hall–Kier alpha value is -3.85. The number of rotatable bonds is 8. The van der Waals surface area contributed by atoms with Crippen LogP contribution >= 0.6 is 11.3 Å². The number of thiophene rings is 1. The molecule has 8 nitrogen and oxygen atoms in total. The summed E-state index contributed by atoms with van der Waals surface area (Å²) in [5, 5.41) is 14.3. The number of ether oxygens (including phenoxy) is 1. The molecule has 2 aromatic carbocycles. The van der Waals surface area contributed by atoms with Crippen molar-refractivity contribution in [3.63, 3.8) is 0 Å². The van der Waals surface area contributed by atoms with E-state index in [1.807, 2.05) is 24.3 Å². The molecular formula is C25H24N6O2S. The molecule has 34 heavy (non-hydrogen) atoms. The van der Waals surface area contributed by atoms with E-state index in [1.165, 1.54) is 18.4 Å². The average molecular weight is 473 g/mol. The van der Waals surface area contributed by atoms with Crippen molar-refractivity contribution in [2.75, 3.05) is 7.11 Å². The summed E-state index contributed by atoms with van der Waals surface area (Å²) < 4.78 is 7.12. The van der Waals surface area contributed by atoms with Gasteiger partial charge in [-0.1, -0.05) is 61.9 Å². The SMILES string of the molecule is CCCCc1nc2sc(C(=O)OC)cc2n1Cc1ccc(-c2ccccc2-c2nnn[nH]2)cc1. The highest BCUT2D eigenvalue weighted by atomic mass is 32.1. The number of nitrogens with zero attached hydrogens (tertiary/aromatic N) is 5. The van der Waals surface area contributed by atoms with Crippen LogP contribution in [0.25, 0.3) is 32.9 Å². The van der Waals surface area contributed by atoms with Crippen LogP contribution in [0, 0.1) is 0 Å². The summed E-state index contributed by atoms with van der Waals surface area (Å²) in [7, 11) is 1.40. The van der Waals surface area contributed by atoms with Crippen molar-refractivity contribution in [2.45, 2.75) is 32.7 Å². The largest absolute Gasteiger partial charge is 0.465 e. The molecule has 0 amide bonds. The molecule has 0 aliphatic rings. The predicted molar refractivity (Wildman–Crippen MR) is 132 cm³/mol. The molecule has 0 radical (unpaired) electrons. The van der Waals surface area contributed by atoms with Gasteiger partial charge in [0.25, 0.3) is 0 Å². The maximum Gasteiger partial charge on any atom is 0.348 e. The molecule has 0 spiro atoms. The van der Waals surface area contributed by atoms with Gasteiger partial charge in [-0.25, -0.2) is 14.9 Å². The summed E-state index contributed by atoms with van der Waals surface area (Å²) in [6, 6.07) is 18.4. The topological polar surface area (TPSA) is 98.6 Å². The number of hydrogen-bond donors (Lipinski definition) is 1. The molecule has 172 valence electrons. The Morgan fingerprint density at radius 1 is 1.12 bits per heavy atom. The van der Waals surface area contributed by atoms with E-state index in [9.17, 15) is 4.79 Å². The Bertz CT molecular complexity index is 1420. The number of aromatic nitrogens is 6. The Balaban J connectivity index is 1.47. The number of benzene rings is 2. The predicted octanol–water partition coefficient (Wildman–Crippen LogP) is 5.12. The molecular weight excluding hydrogens is 448 g/mol. The molecule has 0 bridgehead atoms. The van der Waals surface area contributed by atoms with E-state index in [0.29, 0.717) is 17.2 Å². The van der Waals surface area contributed by atoms with Crippen LogP contribution in [-0.4, -0.2) is 43.3 Å². The van der Waals surface area contributed by atoms with Crippen molar-refractivity contribution in [1.82, 2.24) is 30.2 Å². The smallest absolute Gasteiger partial charge is 0.348 e. The standard InChI is InChI=1S/C25H24N6O2S/c1-3-4-9-22-26-24-20(14-21(34-24)25(32)33-2)31(22)15-16-10-12-17(13-11-16)18-7-5-6-8-19(18)23-27-29-30-28-23/h5-8,10-14H,3-4,9,15H2,1-2H3,(H,27,28,29,30). The lowest BCUT2D eigenvalue weighted by Gasteiger charge is -2.11. The molecule has 5 aromatic rings. The fourth-order valence-corrected chi connectivity index (χ4v) is 5.02.